The van der Waals surface area contributed by atoms with Crippen LogP contribution >= 0.6 is 11.8 Å². The molecule has 14 heavy (non-hydrogen) atoms. The van der Waals surface area contributed by atoms with E-state index in [1.165, 1.54) is 24.0 Å². The summed E-state index contributed by atoms with van der Waals surface area (Å²) in [5, 5.41) is 1.35. The van der Waals surface area contributed by atoms with Gasteiger partial charge in [-0.3, -0.25) is 4.99 Å². The second-order valence-electron chi connectivity index (χ2n) is 3.81. The Morgan fingerprint density at radius 3 is 3.14 bits per heavy atom. The molecule has 1 aliphatic heterocycles. The van der Waals surface area contributed by atoms with E-state index in [0.717, 1.165) is 5.17 Å². The van der Waals surface area contributed by atoms with Crippen molar-refractivity contribution in [3.05, 3.63) is 35.4 Å². The predicted octanol–water partition coefficient (Wildman–Crippen LogP) is 2.10. The third kappa shape index (κ3) is 1.16. The number of amidine groups is 1. The van der Waals surface area contributed by atoms with Crippen LogP contribution in [0.15, 0.2) is 29.3 Å². The largest absolute Gasteiger partial charge is 0.379 e. The highest BCUT2D eigenvalue weighted by molar-refractivity contribution is 8.14. The summed E-state index contributed by atoms with van der Waals surface area (Å²) in [5.41, 5.74) is 8.60. The molecule has 0 unspecified atom stereocenters. The minimum Gasteiger partial charge on any atom is -0.379 e. The second kappa shape index (κ2) is 3.02. The lowest BCUT2D eigenvalue weighted by molar-refractivity contribution is 0.599. The van der Waals surface area contributed by atoms with Gasteiger partial charge in [-0.25, -0.2) is 0 Å². The number of aryl methyl sites for hydroxylation is 1. The normalized spacial score (nSPS) is 29.3. The lowest BCUT2D eigenvalue weighted by Gasteiger charge is -2.25. The Labute approximate surface area is 87.6 Å². The number of fused-ring (bicyclic) bond motifs is 3. The summed E-state index contributed by atoms with van der Waals surface area (Å²) in [6.07, 6.45) is 2.38. The highest BCUT2D eigenvalue weighted by Crippen LogP contribution is 2.43. The van der Waals surface area contributed by atoms with Crippen LogP contribution in [0.5, 0.6) is 0 Å². The van der Waals surface area contributed by atoms with Gasteiger partial charge in [0, 0.05) is 5.25 Å². The molecule has 72 valence electrons. The van der Waals surface area contributed by atoms with Crippen LogP contribution in [0.2, 0.25) is 0 Å². The Bertz CT molecular complexity index is 400. The van der Waals surface area contributed by atoms with Crippen LogP contribution in [-0.2, 0) is 6.42 Å². The van der Waals surface area contributed by atoms with Crippen molar-refractivity contribution in [2.45, 2.75) is 24.1 Å². The van der Waals surface area contributed by atoms with E-state index in [9.17, 15) is 0 Å². The SMILES string of the molecule is NC1=N[C@H]2c3ccccc3CC[C@@H]2S1. The predicted molar refractivity (Wildman–Crippen MR) is 60.5 cm³/mol. The molecular formula is C11H12N2S. The van der Waals surface area contributed by atoms with Gasteiger partial charge in [-0.15, -0.1) is 0 Å². The van der Waals surface area contributed by atoms with Crippen molar-refractivity contribution < 1.29 is 0 Å². The molecule has 0 saturated carbocycles. The van der Waals surface area contributed by atoms with Gasteiger partial charge >= 0.3 is 0 Å². The Morgan fingerprint density at radius 2 is 2.21 bits per heavy atom. The van der Waals surface area contributed by atoms with E-state index < -0.39 is 0 Å². The van der Waals surface area contributed by atoms with Gasteiger partial charge in [-0.1, -0.05) is 36.0 Å². The summed E-state index contributed by atoms with van der Waals surface area (Å²) < 4.78 is 0. The fourth-order valence-corrected chi connectivity index (χ4v) is 3.36. The molecule has 0 amide bonds. The Kier molecular flexibility index (Phi) is 1.80. The zero-order valence-electron chi connectivity index (χ0n) is 7.81. The van der Waals surface area contributed by atoms with E-state index in [0.29, 0.717) is 11.3 Å². The van der Waals surface area contributed by atoms with Gasteiger partial charge in [0.15, 0.2) is 5.17 Å². The van der Waals surface area contributed by atoms with Crippen molar-refractivity contribution in [3.8, 4) is 0 Å². The van der Waals surface area contributed by atoms with E-state index in [4.69, 9.17) is 5.73 Å². The summed E-state index contributed by atoms with van der Waals surface area (Å²) in [7, 11) is 0. The van der Waals surface area contributed by atoms with Gasteiger partial charge in [0.05, 0.1) is 6.04 Å². The van der Waals surface area contributed by atoms with Crippen LogP contribution in [0.25, 0.3) is 0 Å². The molecule has 1 heterocycles. The zero-order chi connectivity index (χ0) is 9.54. The minimum absolute atomic E-state index is 0.324. The third-order valence-corrected chi connectivity index (χ3v) is 4.11. The molecule has 0 fully saturated rings. The number of aliphatic imine (C=N–C) groups is 1. The first kappa shape index (κ1) is 8.36. The molecule has 0 spiro atoms. The lowest BCUT2D eigenvalue weighted by atomic mass is 9.88. The van der Waals surface area contributed by atoms with Crippen LogP contribution in [0, 0.1) is 0 Å². The van der Waals surface area contributed by atoms with Crippen LogP contribution in [0.3, 0.4) is 0 Å². The van der Waals surface area contributed by atoms with Crippen LogP contribution in [0.1, 0.15) is 23.6 Å². The molecule has 0 bridgehead atoms. The van der Waals surface area contributed by atoms with Crippen molar-refractivity contribution in [3.63, 3.8) is 0 Å². The van der Waals surface area contributed by atoms with E-state index in [-0.39, 0.29) is 0 Å². The number of nitrogens with two attached hydrogens (primary N) is 1. The quantitative estimate of drug-likeness (QED) is 0.703. The smallest absolute Gasteiger partial charge is 0.154 e. The number of benzene rings is 1. The number of thioether (sulfide) groups is 1. The minimum atomic E-state index is 0.324. The van der Waals surface area contributed by atoms with Crippen molar-refractivity contribution >= 4 is 16.9 Å². The number of hydrogen-bond donors (Lipinski definition) is 1. The molecule has 2 atom stereocenters. The van der Waals surface area contributed by atoms with Crippen LogP contribution < -0.4 is 5.73 Å². The van der Waals surface area contributed by atoms with Crippen LogP contribution in [-0.4, -0.2) is 10.4 Å². The molecule has 1 aromatic rings. The van der Waals surface area contributed by atoms with E-state index in [2.05, 4.69) is 29.3 Å². The number of rotatable bonds is 0. The number of hydrogen-bond acceptors (Lipinski definition) is 3. The monoisotopic (exact) mass is 204 g/mol. The standard InChI is InChI=1S/C11H12N2S/c12-11-13-10-8-4-2-1-3-7(8)5-6-9(10)14-11/h1-4,9-10H,5-6H2,(H2,12,13)/t9-,10-/m0/s1. The lowest BCUT2D eigenvalue weighted by Crippen LogP contribution is -2.18. The van der Waals surface area contributed by atoms with Crippen molar-refractivity contribution in [1.29, 1.82) is 0 Å². The molecule has 3 heteroatoms. The van der Waals surface area contributed by atoms with Gasteiger partial charge in [0.2, 0.25) is 0 Å². The molecular weight excluding hydrogens is 192 g/mol. The number of nitrogens with zero attached hydrogens (tertiary/aromatic N) is 1. The first-order valence-electron chi connectivity index (χ1n) is 4.92. The third-order valence-electron chi connectivity index (χ3n) is 2.96. The Morgan fingerprint density at radius 1 is 1.36 bits per heavy atom. The van der Waals surface area contributed by atoms with E-state index in [1.54, 1.807) is 11.8 Å². The van der Waals surface area contributed by atoms with Crippen molar-refractivity contribution in [1.82, 2.24) is 0 Å². The fraction of sp³-hybridized carbons (Fsp3) is 0.364. The summed E-state index contributed by atoms with van der Waals surface area (Å²) in [4.78, 5) is 4.51. The molecule has 0 saturated heterocycles. The zero-order valence-corrected chi connectivity index (χ0v) is 8.63. The maximum atomic E-state index is 5.76. The Balaban J connectivity index is 2.08. The topological polar surface area (TPSA) is 38.4 Å². The van der Waals surface area contributed by atoms with Gasteiger partial charge in [-0.05, 0) is 24.0 Å². The summed E-state index contributed by atoms with van der Waals surface area (Å²) in [5.74, 6) is 0. The molecule has 0 radical (unpaired) electrons. The maximum absolute atomic E-state index is 5.76. The maximum Gasteiger partial charge on any atom is 0.154 e. The van der Waals surface area contributed by atoms with Gasteiger partial charge in [0.1, 0.15) is 0 Å². The molecule has 2 nitrogen and oxygen atoms in total. The molecule has 0 aromatic heterocycles. The van der Waals surface area contributed by atoms with E-state index >= 15 is 0 Å². The first-order valence-corrected chi connectivity index (χ1v) is 5.80. The average molecular weight is 204 g/mol. The van der Waals surface area contributed by atoms with Crippen molar-refractivity contribution in [2.75, 3.05) is 0 Å². The summed E-state index contributed by atoms with van der Waals surface area (Å²) >= 11 is 1.74. The van der Waals surface area contributed by atoms with Crippen LogP contribution in [0.4, 0.5) is 0 Å². The first-order chi connectivity index (χ1) is 6.84. The van der Waals surface area contributed by atoms with Crippen molar-refractivity contribution in [2.24, 2.45) is 10.7 Å². The molecule has 3 rings (SSSR count). The van der Waals surface area contributed by atoms with Gasteiger partial charge < -0.3 is 5.73 Å². The molecule has 1 aliphatic carbocycles. The summed E-state index contributed by atoms with van der Waals surface area (Å²) in [6, 6.07) is 8.92. The fourth-order valence-electron chi connectivity index (χ4n) is 2.30. The van der Waals surface area contributed by atoms with Gasteiger partial charge in [0.25, 0.3) is 0 Å². The highest BCUT2D eigenvalue weighted by atomic mass is 32.2. The second-order valence-corrected chi connectivity index (χ2v) is 5.07. The van der Waals surface area contributed by atoms with Gasteiger partial charge in [-0.2, -0.15) is 0 Å². The molecule has 2 N–H and O–H groups in total. The molecule has 2 aliphatic rings. The highest BCUT2D eigenvalue weighted by Gasteiger charge is 2.34. The van der Waals surface area contributed by atoms with E-state index in [1.807, 2.05) is 0 Å². The average Bonchev–Trinajstić information content (AvgIpc) is 2.59. The molecule has 1 aromatic carbocycles. The summed E-state index contributed by atoms with van der Waals surface area (Å²) in [6.45, 7) is 0. The Hall–Kier alpha value is -0.960.